The number of ether oxygens (including phenoxy) is 3. The molecule has 28 heavy (non-hydrogen) atoms. The number of hydrogen-bond donors (Lipinski definition) is 3. The van der Waals surface area contributed by atoms with Crippen LogP contribution in [0.3, 0.4) is 0 Å². The maximum atomic E-state index is 11.1. The van der Waals surface area contributed by atoms with E-state index >= 15 is 0 Å². The van der Waals surface area contributed by atoms with Gasteiger partial charge in [0.2, 0.25) is 12.7 Å². The second-order valence-electron chi connectivity index (χ2n) is 6.10. The van der Waals surface area contributed by atoms with Gasteiger partial charge in [-0.1, -0.05) is 12.1 Å². The lowest BCUT2D eigenvalue weighted by Gasteiger charge is -2.13. The smallest absolute Gasteiger partial charge is 0.231 e. The van der Waals surface area contributed by atoms with Crippen LogP contribution in [0.1, 0.15) is 12.5 Å². The highest BCUT2D eigenvalue weighted by Gasteiger charge is 2.13. The molecule has 0 unspecified atom stereocenters. The molecule has 2 aromatic rings. The second kappa shape index (κ2) is 9.50. The Bertz CT molecular complexity index is 854. The van der Waals surface area contributed by atoms with Crippen LogP contribution >= 0.6 is 0 Å². The zero-order valence-electron chi connectivity index (χ0n) is 16.0. The lowest BCUT2D eigenvalue weighted by atomic mass is 10.2. The topological polar surface area (TPSA) is 93.2 Å². The normalized spacial score (nSPS) is 12.4. The molecule has 1 amide bonds. The number of rotatable bonds is 7. The van der Waals surface area contributed by atoms with Crippen LogP contribution in [0, 0.1) is 0 Å². The molecule has 0 fully saturated rings. The van der Waals surface area contributed by atoms with Crippen molar-refractivity contribution in [2.45, 2.75) is 13.5 Å². The Morgan fingerprint density at radius 2 is 2.00 bits per heavy atom. The summed E-state index contributed by atoms with van der Waals surface area (Å²) in [6.45, 7) is 3.37. The van der Waals surface area contributed by atoms with Gasteiger partial charge in [-0.05, 0) is 29.8 Å². The van der Waals surface area contributed by atoms with Gasteiger partial charge in [-0.3, -0.25) is 9.79 Å². The molecular weight excluding hydrogens is 360 g/mol. The van der Waals surface area contributed by atoms with Crippen molar-refractivity contribution in [1.82, 2.24) is 10.6 Å². The van der Waals surface area contributed by atoms with E-state index in [-0.39, 0.29) is 12.7 Å². The quantitative estimate of drug-likeness (QED) is 0.385. The lowest BCUT2D eigenvalue weighted by molar-refractivity contribution is -0.114. The first-order chi connectivity index (χ1) is 13.6. The number of carbonyl (C=O) groups excluding carboxylic acids is 1. The number of guanidine groups is 1. The van der Waals surface area contributed by atoms with E-state index in [1.54, 1.807) is 13.1 Å². The van der Waals surface area contributed by atoms with Gasteiger partial charge >= 0.3 is 0 Å². The number of carbonyl (C=O) groups is 1. The fourth-order valence-electron chi connectivity index (χ4n) is 2.66. The van der Waals surface area contributed by atoms with Crippen LogP contribution in [0.5, 0.6) is 17.2 Å². The van der Waals surface area contributed by atoms with Crippen LogP contribution in [0.15, 0.2) is 47.5 Å². The highest BCUT2D eigenvalue weighted by molar-refractivity contribution is 5.88. The summed E-state index contributed by atoms with van der Waals surface area (Å²) in [5, 5.41) is 9.17. The molecule has 0 aliphatic carbocycles. The molecule has 3 rings (SSSR count). The number of amides is 1. The molecule has 1 heterocycles. The monoisotopic (exact) mass is 384 g/mol. The first-order valence-electron chi connectivity index (χ1n) is 8.97. The minimum atomic E-state index is -0.115. The molecule has 1 aliphatic rings. The average Bonchev–Trinajstić information content (AvgIpc) is 3.15. The van der Waals surface area contributed by atoms with Crippen LogP contribution in [0.2, 0.25) is 0 Å². The van der Waals surface area contributed by atoms with Crippen LogP contribution in [-0.2, 0) is 11.3 Å². The lowest BCUT2D eigenvalue weighted by Crippen LogP contribution is -2.38. The fourth-order valence-corrected chi connectivity index (χ4v) is 2.66. The summed E-state index contributed by atoms with van der Waals surface area (Å²) in [6, 6.07) is 13.1. The van der Waals surface area contributed by atoms with Crippen LogP contribution < -0.4 is 30.2 Å². The zero-order valence-corrected chi connectivity index (χ0v) is 16.0. The van der Waals surface area contributed by atoms with E-state index in [2.05, 4.69) is 20.9 Å². The number of benzene rings is 2. The number of aliphatic imine (C=N–C) groups is 1. The van der Waals surface area contributed by atoms with Crippen molar-refractivity contribution >= 4 is 17.6 Å². The molecular formula is C20H24N4O4. The summed E-state index contributed by atoms with van der Waals surface area (Å²) in [7, 11) is 1.72. The maximum Gasteiger partial charge on any atom is 0.231 e. The summed E-state index contributed by atoms with van der Waals surface area (Å²) in [5.74, 6) is 2.78. The Morgan fingerprint density at radius 3 is 2.82 bits per heavy atom. The predicted octanol–water partition coefficient (Wildman–Crippen LogP) is 2.12. The van der Waals surface area contributed by atoms with Gasteiger partial charge in [0.1, 0.15) is 12.4 Å². The van der Waals surface area contributed by atoms with Gasteiger partial charge in [-0.2, -0.15) is 0 Å². The van der Waals surface area contributed by atoms with Crippen molar-refractivity contribution in [3.05, 3.63) is 48.0 Å². The third-order valence-corrected chi connectivity index (χ3v) is 3.94. The highest BCUT2D eigenvalue weighted by Crippen LogP contribution is 2.32. The van der Waals surface area contributed by atoms with Crippen molar-refractivity contribution in [2.75, 3.05) is 32.3 Å². The van der Waals surface area contributed by atoms with Crippen LogP contribution in [0.4, 0.5) is 5.69 Å². The highest BCUT2D eigenvalue weighted by atomic mass is 16.7. The first kappa shape index (κ1) is 19.3. The minimum Gasteiger partial charge on any atom is -0.492 e. The molecule has 0 bridgehead atoms. The molecule has 0 saturated heterocycles. The summed E-state index contributed by atoms with van der Waals surface area (Å²) in [5.41, 5.74) is 1.78. The van der Waals surface area contributed by atoms with Crippen molar-refractivity contribution in [3.8, 4) is 17.2 Å². The molecule has 2 aromatic carbocycles. The third-order valence-electron chi connectivity index (χ3n) is 3.94. The van der Waals surface area contributed by atoms with Crippen LogP contribution in [-0.4, -0.2) is 38.9 Å². The average molecular weight is 384 g/mol. The summed E-state index contributed by atoms with van der Waals surface area (Å²) >= 11 is 0. The van der Waals surface area contributed by atoms with Gasteiger partial charge in [-0.15, -0.1) is 0 Å². The fraction of sp³-hybridized carbons (Fsp3) is 0.300. The zero-order chi connectivity index (χ0) is 19.8. The summed E-state index contributed by atoms with van der Waals surface area (Å²) < 4.78 is 16.4. The molecule has 1 aliphatic heterocycles. The van der Waals surface area contributed by atoms with Gasteiger partial charge in [0.05, 0.1) is 6.54 Å². The molecule has 148 valence electrons. The molecule has 0 atom stereocenters. The largest absolute Gasteiger partial charge is 0.492 e. The Balaban J connectivity index is 1.40. The Labute approximate surface area is 163 Å². The molecule has 3 N–H and O–H groups in total. The first-order valence-corrected chi connectivity index (χ1v) is 8.97. The minimum absolute atomic E-state index is 0.115. The van der Waals surface area contributed by atoms with Gasteiger partial charge in [0.25, 0.3) is 0 Å². The number of nitrogens with one attached hydrogen (secondary N) is 3. The predicted molar refractivity (Wildman–Crippen MR) is 107 cm³/mol. The van der Waals surface area contributed by atoms with Crippen molar-refractivity contribution in [2.24, 2.45) is 4.99 Å². The molecule has 0 saturated carbocycles. The van der Waals surface area contributed by atoms with E-state index in [1.165, 1.54) is 6.92 Å². The van der Waals surface area contributed by atoms with E-state index in [1.807, 2.05) is 36.4 Å². The third kappa shape index (κ3) is 5.54. The summed E-state index contributed by atoms with van der Waals surface area (Å²) in [6.07, 6.45) is 0. The molecule has 8 nitrogen and oxygen atoms in total. The summed E-state index contributed by atoms with van der Waals surface area (Å²) in [4.78, 5) is 15.3. The van der Waals surface area contributed by atoms with E-state index in [9.17, 15) is 4.79 Å². The second-order valence-corrected chi connectivity index (χ2v) is 6.10. The van der Waals surface area contributed by atoms with Crippen molar-refractivity contribution in [3.63, 3.8) is 0 Å². The standard InChI is InChI=1S/C20H24N4O4/c1-14(25)24-16-4-3-5-17(11-16)26-9-8-22-20(21-2)23-12-15-6-7-18-19(10-15)28-13-27-18/h3-7,10-11H,8-9,12-13H2,1-2H3,(H,24,25)(H2,21,22,23). The van der Waals surface area contributed by atoms with E-state index in [0.29, 0.717) is 37.1 Å². The molecule has 8 heteroatoms. The number of hydrogen-bond acceptors (Lipinski definition) is 5. The van der Waals surface area contributed by atoms with Gasteiger partial charge in [0.15, 0.2) is 17.5 Å². The number of anilines is 1. The Kier molecular flexibility index (Phi) is 6.56. The Hall–Kier alpha value is -3.42. The van der Waals surface area contributed by atoms with Crippen molar-refractivity contribution < 1.29 is 19.0 Å². The maximum absolute atomic E-state index is 11.1. The van der Waals surface area contributed by atoms with Crippen LogP contribution in [0.25, 0.3) is 0 Å². The van der Waals surface area contributed by atoms with Gasteiger partial charge < -0.3 is 30.2 Å². The molecule has 0 radical (unpaired) electrons. The number of nitrogens with zero attached hydrogens (tertiary/aromatic N) is 1. The van der Waals surface area contributed by atoms with E-state index < -0.39 is 0 Å². The van der Waals surface area contributed by atoms with E-state index in [4.69, 9.17) is 14.2 Å². The van der Waals surface area contributed by atoms with Crippen molar-refractivity contribution in [1.29, 1.82) is 0 Å². The molecule has 0 aromatic heterocycles. The SMILES string of the molecule is CN=C(NCCOc1cccc(NC(C)=O)c1)NCc1ccc2c(c1)OCO2. The van der Waals surface area contributed by atoms with Gasteiger partial charge in [-0.25, -0.2) is 0 Å². The number of fused-ring (bicyclic) bond motifs is 1. The molecule has 0 spiro atoms. The van der Waals surface area contributed by atoms with Gasteiger partial charge in [0, 0.05) is 32.3 Å². The Morgan fingerprint density at radius 1 is 1.14 bits per heavy atom. The van der Waals surface area contributed by atoms with E-state index in [0.717, 1.165) is 17.1 Å².